The molecule has 1 N–H and O–H groups in total. The Morgan fingerprint density at radius 3 is 2.65 bits per heavy atom. The summed E-state index contributed by atoms with van der Waals surface area (Å²) in [6.45, 7) is 2.13. The van der Waals surface area contributed by atoms with Crippen LogP contribution in [0.3, 0.4) is 0 Å². The molecule has 1 aliphatic heterocycles. The van der Waals surface area contributed by atoms with Crippen LogP contribution in [-0.4, -0.2) is 23.9 Å². The van der Waals surface area contributed by atoms with Gasteiger partial charge in [-0.25, -0.2) is 8.78 Å². The molecule has 1 saturated heterocycles. The SMILES string of the molecule is O=C(NCc1cc(F)ccc1F)C1CCN(Cc2cccc(Oc3ccccc3)c2)C1. The van der Waals surface area contributed by atoms with Gasteiger partial charge in [0.15, 0.2) is 0 Å². The Morgan fingerprint density at radius 1 is 1.00 bits per heavy atom. The number of nitrogens with one attached hydrogen (secondary N) is 1. The number of hydrogen-bond donors (Lipinski definition) is 1. The Morgan fingerprint density at radius 2 is 1.81 bits per heavy atom. The number of amides is 1. The first kappa shape index (κ1) is 21.0. The number of ether oxygens (including phenoxy) is 1. The maximum Gasteiger partial charge on any atom is 0.224 e. The zero-order valence-corrected chi connectivity index (χ0v) is 17.1. The molecule has 4 rings (SSSR count). The summed E-state index contributed by atoms with van der Waals surface area (Å²) in [7, 11) is 0. The van der Waals surface area contributed by atoms with E-state index in [4.69, 9.17) is 4.74 Å². The van der Waals surface area contributed by atoms with E-state index in [9.17, 15) is 13.6 Å². The van der Waals surface area contributed by atoms with Gasteiger partial charge >= 0.3 is 0 Å². The van der Waals surface area contributed by atoms with Crippen LogP contribution in [0.2, 0.25) is 0 Å². The van der Waals surface area contributed by atoms with Gasteiger partial charge in [0.05, 0.1) is 5.92 Å². The highest BCUT2D eigenvalue weighted by atomic mass is 19.1. The molecule has 1 unspecified atom stereocenters. The Balaban J connectivity index is 1.29. The monoisotopic (exact) mass is 422 g/mol. The van der Waals surface area contributed by atoms with Gasteiger partial charge in [-0.3, -0.25) is 9.69 Å². The van der Waals surface area contributed by atoms with E-state index < -0.39 is 11.6 Å². The van der Waals surface area contributed by atoms with E-state index in [0.29, 0.717) is 13.1 Å². The van der Waals surface area contributed by atoms with Crippen molar-refractivity contribution in [3.8, 4) is 11.5 Å². The van der Waals surface area contributed by atoms with Gasteiger partial charge in [-0.15, -0.1) is 0 Å². The number of para-hydroxylation sites is 1. The highest BCUT2D eigenvalue weighted by Crippen LogP contribution is 2.24. The molecule has 0 aliphatic carbocycles. The Kier molecular flexibility index (Phi) is 6.57. The van der Waals surface area contributed by atoms with Crippen molar-refractivity contribution in [3.05, 3.63) is 95.6 Å². The molecular formula is C25H24F2N2O2. The summed E-state index contributed by atoms with van der Waals surface area (Å²) in [5.41, 5.74) is 1.26. The van der Waals surface area contributed by atoms with Crippen molar-refractivity contribution in [3.63, 3.8) is 0 Å². The lowest BCUT2D eigenvalue weighted by Gasteiger charge is -2.17. The number of likely N-dealkylation sites (tertiary alicyclic amines) is 1. The zero-order valence-electron chi connectivity index (χ0n) is 17.1. The van der Waals surface area contributed by atoms with Crippen LogP contribution in [0, 0.1) is 17.6 Å². The molecule has 0 saturated carbocycles. The summed E-state index contributed by atoms with van der Waals surface area (Å²) >= 11 is 0. The molecule has 160 valence electrons. The van der Waals surface area contributed by atoms with Gasteiger partial charge in [0.25, 0.3) is 0 Å². The molecule has 1 fully saturated rings. The van der Waals surface area contributed by atoms with Crippen LogP contribution in [0.15, 0.2) is 72.8 Å². The average molecular weight is 422 g/mol. The zero-order chi connectivity index (χ0) is 21.6. The third-order valence-electron chi connectivity index (χ3n) is 5.39. The summed E-state index contributed by atoms with van der Waals surface area (Å²) < 4.78 is 32.9. The molecule has 6 heteroatoms. The highest BCUT2D eigenvalue weighted by molar-refractivity contribution is 5.79. The molecule has 1 heterocycles. The molecule has 1 aliphatic rings. The van der Waals surface area contributed by atoms with Crippen LogP contribution in [0.4, 0.5) is 8.78 Å². The third-order valence-corrected chi connectivity index (χ3v) is 5.39. The smallest absolute Gasteiger partial charge is 0.224 e. The maximum absolute atomic E-state index is 13.7. The van der Waals surface area contributed by atoms with Gasteiger partial charge in [-0.2, -0.15) is 0 Å². The van der Waals surface area contributed by atoms with E-state index in [1.54, 1.807) is 0 Å². The van der Waals surface area contributed by atoms with Crippen molar-refractivity contribution < 1.29 is 18.3 Å². The normalized spacial score (nSPS) is 16.3. The molecule has 0 radical (unpaired) electrons. The second-order valence-corrected chi connectivity index (χ2v) is 7.74. The van der Waals surface area contributed by atoms with Crippen molar-refractivity contribution in [2.24, 2.45) is 5.92 Å². The summed E-state index contributed by atoms with van der Waals surface area (Å²) in [6.07, 6.45) is 0.734. The first-order valence-corrected chi connectivity index (χ1v) is 10.3. The molecule has 0 bridgehead atoms. The number of rotatable bonds is 7. The summed E-state index contributed by atoms with van der Waals surface area (Å²) in [6, 6.07) is 20.8. The lowest BCUT2D eigenvalue weighted by atomic mass is 10.1. The Hall–Kier alpha value is -3.25. The van der Waals surface area contributed by atoms with E-state index >= 15 is 0 Å². The van der Waals surface area contributed by atoms with E-state index in [-0.39, 0.29) is 23.9 Å². The molecule has 0 aromatic heterocycles. The maximum atomic E-state index is 13.7. The molecule has 1 atom stereocenters. The lowest BCUT2D eigenvalue weighted by molar-refractivity contribution is -0.124. The van der Waals surface area contributed by atoms with Crippen molar-refractivity contribution in [1.29, 1.82) is 0 Å². The molecule has 0 spiro atoms. The molecule has 3 aromatic carbocycles. The highest BCUT2D eigenvalue weighted by Gasteiger charge is 2.28. The van der Waals surface area contributed by atoms with Gasteiger partial charge in [0, 0.05) is 25.2 Å². The number of carbonyl (C=O) groups excluding carboxylic acids is 1. The predicted octanol–water partition coefficient (Wildman–Crippen LogP) is 4.90. The van der Waals surface area contributed by atoms with Gasteiger partial charge in [-0.1, -0.05) is 30.3 Å². The molecule has 31 heavy (non-hydrogen) atoms. The standard InChI is InChI=1S/C25H24F2N2O2/c26-21-9-10-24(27)20(14-21)15-28-25(30)19-11-12-29(17-19)16-18-5-4-8-23(13-18)31-22-6-2-1-3-7-22/h1-10,13-14,19H,11-12,15-17H2,(H,28,30). The Labute approximate surface area is 180 Å². The molecular weight excluding hydrogens is 398 g/mol. The van der Waals surface area contributed by atoms with Gasteiger partial charge in [0.2, 0.25) is 5.91 Å². The van der Waals surface area contributed by atoms with Crippen molar-refractivity contribution >= 4 is 5.91 Å². The molecule has 1 amide bonds. The first-order valence-electron chi connectivity index (χ1n) is 10.3. The van der Waals surface area contributed by atoms with Crippen LogP contribution >= 0.6 is 0 Å². The molecule has 4 nitrogen and oxygen atoms in total. The van der Waals surface area contributed by atoms with E-state index in [2.05, 4.69) is 10.2 Å². The van der Waals surface area contributed by atoms with Crippen molar-refractivity contribution in [2.75, 3.05) is 13.1 Å². The average Bonchev–Trinajstić information content (AvgIpc) is 3.24. The Bertz CT molecular complexity index is 1040. The van der Waals surface area contributed by atoms with E-state index in [1.165, 1.54) is 0 Å². The quantitative estimate of drug-likeness (QED) is 0.589. The summed E-state index contributed by atoms with van der Waals surface area (Å²) in [5.74, 6) is 0.220. The van der Waals surface area contributed by atoms with E-state index in [0.717, 1.165) is 48.2 Å². The van der Waals surface area contributed by atoms with Gasteiger partial charge in [0.1, 0.15) is 23.1 Å². The topological polar surface area (TPSA) is 41.6 Å². The van der Waals surface area contributed by atoms with E-state index in [1.807, 2.05) is 54.6 Å². The van der Waals surface area contributed by atoms with Crippen molar-refractivity contribution in [1.82, 2.24) is 10.2 Å². The molecule has 3 aromatic rings. The first-order chi connectivity index (χ1) is 15.1. The largest absolute Gasteiger partial charge is 0.457 e. The fourth-order valence-electron chi connectivity index (χ4n) is 3.79. The van der Waals surface area contributed by atoms with Gasteiger partial charge in [-0.05, 0) is 61.0 Å². The number of halogens is 2. The second kappa shape index (κ2) is 9.71. The number of benzene rings is 3. The minimum atomic E-state index is -0.521. The third kappa shape index (κ3) is 5.67. The second-order valence-electron chi connectivity index (χ2n) is 7.74. The van der Waals surface area contributed by atoms with Crippen LogP contribution in [-0.2, 0) is 17.9 Å². The fourth-order valence-corrected chi connectivity index (χ4v) is 3.79. The minimum absolute atomic E-state index is 0.0161. The minimum Gasteiger partial charge on any atom is -0.457 e. The van der Waals surface area contributed by atoms with Crippen molar-refractivity contribution in [2.45, 2.75) is 19.5 Å². The van der Waals surface area contributed by atoms with Crippen LogP contribution in [0.5, 0.6) is 11.5 Å². The van der Waals surface area contributed by atoms with Crippen LogP contribution in [0.25, 0.3) is 0 Å². The van der Waals surface area contributed by atoms with Crippen LogP contribution < -0.4 is 10.1 Å². The van der Waals surface area contributed by atoms with Crippen LogP contribution in [0.1, 0.15) is 17.5 Å². The predicted molar refractivity (Wildman–Crippen MR) is 115 cm³/mol. The number of carbonyl (C=O) groups is 1. The fraction of sp³-hybridized carbons (Fsp3) is 0.240. The summed E-state index contributed by atoms with van der Waals surface area (Å²) in [4.78, 5) is 14.7. The lowest BCUT2D eigenvalue weighted by Crippen LogP contribution is -2.32. The summed E-state index contributed by atoms with van der Waals surface area (Å²) in [5, 5.41) is 2.74. The number of nitrogens with zero attached hydrogens (tertiary/aromatic N) is 1. The van der Waals surface area contributed by atoms with Gasteiger partial charge < -0.3 is 10.1 Å². The number of hydrogen-bond acceptors (Lipinski definition) is 3.